The summed E-state index contributed by atoms with van der Waals surface area (Å²) in [5.41, 5.74) is 6.28. The van der Waals surface area contributed by atoms with Crippen molar-refractivity contribution in [2.45, 2.75) is 50.6 Å². The van der Waals surface area contributed by atoms with E-state index in [0.29, 0.717) is 10.9 Å². The number of ether oxygens (including phenoxy) is 1. The summed E-state index contributed by atoms with van der Waals surface area (Å²) in [6.07, 6.45) is 5.31. The van der Waals surface area contributed by atoms with E-state index in [1.165, 1.54) is 0 Å². The topological polar surface area (TPSA) is 107 Å². The van der Waals surface area contributed by atoms with Gasteiger partial charge in [-0.3, -0.25) is 4.79 Å². The number of nitrogens with zero attached hydrogens (tertiary/aromatic N) is 1. The Morgan fingerprint density at radius 1 is 1.14 bits per heavy atom. The monoisotopic (exact) mass is 472 g/mol. The van der Waals surface area contributed by atoms with Crippen molar-refractivity contribution < 1.29 is 22.7 Å². The zero-order valence-electron chi connectivity index (χ0n) is 15.6. The minimum atomic E-state index is -3.12. The fourth-order valence-electron chi connectivity index (χ4n) is 4.04. The molecule has 1 aliphatic heterocycles. The number of rotatable bonds is 5. The van der Waals surface area contributed by atoms with E-state index in [4.69, 9.17) is 10.5 Å². The van der Waals surface area contributed by atoms with Crippen LogP contribution in [0.1, 0.15) is 48.9 Å². The fraction of sp³-hybridized carbons (Fsp3) is 0.579. The van der Waals surface area contributed by atoms with E-state index in [9.17, 15) is 18.0 Å². The summed E-state index contributed by atoms with van der Waals surface area (Å²) in [7, 11) is -3.12. The van der Waals surface area contributed by atoms with Crippen molar-refractivity contribution in [2.24, 2.45) is 0 Å². The first kappa shape index (κ1) is 21.1. The van der Waals surface area contributed by atoms with Crippen molar-refractivity contribution >= 4 is 43.3 Å². The summed E-state index contributed by atoms with van der Waals surface area (Å²) in [6, 6.07) is 4.51. The number of halogens is 1. The first-order valence-electron chi connectivity index (χ1n) is 9.50. The number of carbonyl (C=O) groups excluding carboxylic acids is 2. The SMILES string of the molecule is Nc1ccc(Br)cc1C(=O)OCC(=O)N(C1CCCCC1)C1CCS(=O)(=O)C1. The molecule has 0 bridgehead atoms. The van der Waals surface area contributed by atoms with Gasteiger partial charge in [0.25, 0.3) is 5.91 Å². The largest absolute Gasteiger partial charge is 0.452 e. The molecule has 1 saturated carbocycles. The lowest BCUT2D eigenvalue weighted by Crippen LogP contribution is -2.50. The van der Waals surface area contributed by atoms with Crippen molar-refractivity contribution in [3.8, 4) is 0 Å². The van der Waals surface area contributed by atoms with Gasteiger partial charge in [-0.15, -0.1) is 0 Å². The van der Waals surface area contributed by atoms with Gasteiger partial charge in [0.2, 0.25) is 0 Å². The molecule has 7 nitrogen and oxygen atoms in total. The summed E-state index contributed by atoms with van der Waals surface area (Å²) < 4.78 is 29.8. The van der Waals surface area contributed by atoms with E-state index in [1.807, 2.05) is 0 Å². The first-order chi connectivity index (χ1) is 13.3. The van der Waals surface area contributed by atoms with Crippen molar-refractivity contribution in [1.82, 2.24) is 4.90 Å². The van der Waals surface area contributed by atoms with Crippen LogP contribution in [0, 0.1) is 0 Å². The molecule has 1 aromatic carbocycles. The number of benzene rings is 1. The predicted molar refractivity (Wildman–Crippen MR) is 110 cm³/mol. The van der Waals surface area contributed by atoms with E-state index < -0.39 is 22.4 Å². The van der Waals surface area contributed by atoms with Gasteiger partial charge in [0.1, 0.15) is 0 Å². The van der Waals surface area contributed by atoms with Crippen LogP contribution < -0.4 is 5.73 Å². The Hall–Kier alpha value is -1.61. The Morgan fingerprint density at radius 2 is 1.86 bits per heavy atom. The number of nitrogen functional groups attached to an aromatic ring is 1. The summed E-state index contributed by atoms with van der Waals surface area (Å²) in [4.78, 5) is 27.0. The average molecular weight is 473 g/mol. The first-order valence-corrected chi connectivity index (χ1v) is 12.1. The molecule has 2 fully saturated rings. The second-order valence-corrected chi connectivity index (χ2v) is 10.6. The molecule has 1 atom stereocenters. The zero-order chi connectivity index (χ0) is 20.3. The lowest BCUT2D eigenvalue weighted by molar-refractivity contribution is -0.140. The maximum atomic E-state index is 12.9. The molecule has 0 aromatic heterocycles. The minimum absolute atomic E-state index is 0.00851. The Balaban J connectivity index is 1.70. The molecule has 0 radical (unpaired) electrons. The highest BCUT2D eigenvalue weighted by Crippen LogP contribution is 2.28. The van der Waals surface area contributed by atoms with Gasteiger partial charge in [0.15, 0.2) is 16.4 Å². The van der Waals surface area contributed by atoms with Crippen LogP contribution in [-0.2, 0) is 19.4 Å². The maximum Gasteiger partial charge on any atom is 0.340 e. The number of sulfone groups is 1. The molecular formula is C19H25BrN2O5S. The lowest BCUT2D eigenvalue weighted by atomic mass is 9.93. The van der Waals surface area contributed by atoms with Gasteiger partial charge in [-0.25, -0.2) is 13.2 Å². The van der Waals surface area contributed by atoms with E-state index >= 15 is 0 Å². The molecule has 1 amide bonds. The summed E-state index contributed by atoms with van der Waals surface area (Å²) in [5, 5.41) is 0. The molecule has 2 N–H and O–H groups in total. The molecule has 2 aliphatic rings. The number of nitrogens with two attached hydrogens (primary N) is 1. The molecule has 9 heteroatoms. The molecule has 1 aromatic rings. The highest BCUT2D eigenvalue weighted by Gasteiger charge is 2.38. The van der Waals surface area contributed by atoms with Crippen molar-refractivity contribution in [3.63, 3.8) is 0 Å². The van der Waals surface area contributed by atoms with Crippen molar-refractivity contribution in [2.75, 3.05) is 23.8 Å². The normalized spacial score (nSPS) is 22.0. The number of carbonyl (C=O) groups is 2. The lowest BCUT2D eigenvalue weighted by Gasteiger charge is -2.38. The Morgan fingerprint density at radius 3 is 2.50 bits per heavy atom. The van der Waals surface area contributed by atoms with Gasteiger partial charge < -0.3 is 15.4 Å². The fourth-order valence-corrected chi connectivity index (χ4v) is 6.12. The standard InChI is InChI=1S/C19H25BrN2O5S/c20-13-6-7-17(21)16(10-13)19(24)27-11-18(23)22(14-4-2-1-3-5-14)15-8-9-28(25,26)12-15/h6-7,10,14-15H,1-5,8-9,11-12,21H2. The Bertz CT molecular complexity index is 852. The molecule has 154 valence electrons. The zero-order valence-corrected chi connectivity index (χ0v) is 18.0. The van der Waals surface area contributed by atoms with Crippen molar-refractivity contribution in [3.05, 3.63) is 28.2 Å². The second-order valence-electron chi connectivity index (χ2n) is 7.46. The Labute approximate surface area is 173 Å². The third-order valence-corrected chi connectivity index (χ3v) is 7.66. The maximum absolute atomic E-state index is 12.9. The third-order valence-electron chi connectivity index (χ3n) is 5.42. The molecule has 3 rings (SSSR count). The molecule has 1 saturated heterocycles. The van der Waals surface area contributed by atoms with Crippen LogP contribution in [0.25, 0.3) is 0 Å². The Kier molecular flexibility index (Phi) is 6.65. The summed E-state index contributed by atoms with van der Waals surface area (Å²) >= 11 is 3.28. The van der Waals surface area contributed by atoms with Gasteiger partial charge in [-0.1, -0.05) is 35.2 Å². The highest BCUT2D eigenvalue weighted by molar-refractivity contribution is 9.10. The minimum Gasteiger partial charge on any atom is -0.452 e. The van der Waals surface area contributed by atoms with Crippen LogP contribution in [0.15, 0.2) is 22.7 Å². The van der Waals surface area contributed by atoms with Crippen LogP contribution in [0.5, 0.6) is 0 Å². The molecular weight excluding hydrogens is 448 g/mol. The van der Waals surface area contributed by atoms with Crippen LogP contribution in [-0.4, -0.2) is 55.4 Å². The van der Waals surface area contributed by atoms with Gasteiger partial charge in [0.05, 0.1) is 17.1 Å². The summed E-state index contributed by atoms with van der Waals surface area (Å²) in [6.45, 7) is -0.419. The third kappa shape index (κ3) is 5.05. The number of anilines is 1. The molecule has 1 heterocycles. The number of esters is 1. The molecule has 1 aliphatic carbocycles. The quantitative estimate of drug-likeness (QED) is 0.521. The predicted octanol–water partition coefficient (Wildman–Crippen LogP) is 2.54. The van der Waals surface area contributed by atoms with Crippen LogP contribution in [0.4, 0.5) is 5.69 Å². The van der Waals surface area contributed by atoms with Crippen LogP contribution in [0.2, 0.25) is 0 Å². The molecule has 1 unspecified atom stereocenters. The number of hydrogen-bond donors (Lipinski definition) is 1. The average Bonchev–Trinajstić information content (AvgIpc) is 3.02. The second kappa shape index (κ2) is 8.82. The number of amides is 1. The van der Waals surface area contributed by atoms with Crippen LogP contribution >= 0.6 is 15.9 Å². The van der Waals surface area contributed by atoms with Gasteiger partial charge in [-0.05, 0) is 37.5 Å². The van der Waals surface area contributed by atoms with Crippen LogP contribution in [0.3, 0.4) is 0 Å². The van der Waals surface area contributed by atoms with E-state index in [-0.39, 0.29) is 40.7 Å². The molecule has 0 spiro atoms. The van der Waals surface area contributed by atoms with E-state index in [2.05, 4.69) is 15.9 Å². The summed E-state index contributed by atoms with van der Waals surface area (Å²) in [5.74, 6) is -0.921. The van der Waals surface area contributed by atoms with E-state index in [1.54, 1.807) is 23.1 Å². The van der Waals surface area contributed by atoms with Gasteiger partial charge in [-0.2, -0.15) is 0 Å². The van der Waals surface area contributed by atoms with Gasteiger partial charge >= 0.3 is 5.97 Å². The number of hydrogen-bond acceptors (Lipinski definition) is 6. The van der Waals surface area contributed by atoms with E-state index in [0.717, 1.165) is 32.1 Å². The highest BCUT2D eigenvalue weighted by atomic mass is 79.9. The van der Waals surface area contributed by atoms with Gasteiger partial charge in [0, 0.05) is 22.2 Å². The molecule has 28 heavy (non-hydrogen) atoms. The smallest absolute Gasteiger partial charge is 0.340 e. The van der Waals surface area contributed by atoms with Crippen molar-refractivity contribution in [1.29, 1.82) is 0 Å².